The summed E-state index contributed by atoms with van der Waals surface area (Å²) in [6, 6.07) is 8.31. The molecule has 1 aliphatic carbocycles. The van der Waals surface area contributed by atoms with Gasteiger partial charge in [0.2, 0.25) is 5.78 Å². The molecule has 1 heterocycles. The van der Waals surface area contributed by atoms with Gasteiger partial charge in [-0.05, 0) is 30.7 Å². The van der Waals surface area contributed by atoms with Crippen molar-refractivity contribution in [2.24, 2.45) is 0 Å². The van der Waals surface area contributed by atoms with Crippen LogP contribution in [0.25, 0.3) is 0 Å². The molecule has 3 rings (SSSR count). The Balaban J connectivity index is 1.46. The molecule has 0 unspecified atom stereocenters. The van der Waals surface area contributed by atoms with Crippen molar-refractivity contribution >= 4 is 23.2 Å². The number of anilines is 1. The second-order valence-electron chi connectivity index (χ2n) is 10.3. The smallest absolute Gasteiger partial charge is 0.274 e. The van der Waals surface area contributed by atoms with E-state index in [1.807, 2.05) is 18.2 Å². The van der Waals surface area contributed by atoms with E-state index in [1.54, 1.807) is 17.8 Å². The molecule has 39 heavy (non-hydrogen) atoms. The van der Waals surface area contributed by atoms with Crippen LogP contribution >= 0.6 is 11.8 Å². The van der Waals surface area contributed by atoms with E-state index in [1.165, 1.54) is 113 Å². The summed E-state index contributed by atoms with van der Waals surface area (Å²) < 4.78 is 5.08. The highest BCUT2D eigenvalue weighted by atomic mass is 32.2. The van der Waals surface area contributed by atoms with Crippen LogP contribution in [-0.2, 0) is 9.53 Å². The predicted molar refractivity (Wildman–Crippen MR) is 161 cm³/mol. The normalized spacial score (nSPS) is 17.0. The topological polar surface area (TPSA) is 72.7 Å². The molecule has 0 N–H and O–H groups in total. The molecule has 1 aromatic rings. The van der Waals surface area contributed by atoms with Crippen molar-refractivity contribution in [3.63, 3.8) is 0 Å². The minimum Gasteiger partial charge on any atom is -0.492 e. The molecule has 0 bridgehead atoms. The predicted octanol–water partition coefficient (Wildman–Crippen LogP) is 9.12. The van der Waals surface area contributed by atoms with Crippen LogP contribution < -0.4 is 4.90 Å². The highest BCUT2D eigenvalue weighted by Gasteiger charge is 2.27. The fourth-order valence-corrected chi connectivity index (χ4v) is 6.11. The lowest BCUT2D eigenvalue weighted by atomic mass is 10.0. The van der Waals surface area contributed by atoms with Gasteiger partial charge in [-0.15, -0.1) is 0 Å². The lowest BCUT2D eigenvalue weighted by molar-refractivity contribution is -0.419. The minimum atomic E-state index is -0.505. The van der Waals surface area contributed by atoms with Crippen molar-refractivity contribution in [1.29, 1.82) is 0 Å². The van der Waals surface area contributed by atoms with Crippen molar-refractivity contribution < 1.29 is 14.5 Å². The second kappa shape index (κ2) is 17.0. The van der Waals surface area contributed by atoms with E-state index in [-0.39, 0.29) is 22.8 Å². The van der Waals surface area contributed by atoms with Gasteiger partial charge in [0, 0.05) is 23.1 Å². The average molecular weight is 553 g/mol. The summed E-state index contributed by atoms with van der Waals surface area (Å²) in [4.78, 5) is 27.0. The maximum Gasteiger partial charge on any atom is 0.274 e. The number of nitrogens with zero attached hydrogens (tertiary/aromatic N) is 2. The molecule has 0 radical (unpaired) electrons. The summed E-state index contributed by atoms with van der Waals surface area (Å²) in [5, 5.41) is 12.3. The number of benzene rings is 1. The number of fused-ring (bicyclic) bond motifs is 1. The zero-order valence-corrected chi connectivity index (χ0v) is 24.5. The molecule has 0 aromatic heterocycles. The quantitative estimate of drug-likeness (QED) is 0.0782. The standard InChI is InChI=1S/C32H44N2O4S/c1-3-4-5-6-7-8-9-10-11-12-13-14-15-18-23-33-28-19-16-17-20-30(28)39-31(33)22-21-26-24-27(34(36)37)25-29(38-2)32(26)35/h16-17,19-22,24-25H,3-15,18,23H2,1-2H3/b26-21+,31-22-. The van der Waals surface area contributed by atoms with Crippen LogP contribution in [0.1, 0.15) is 96.8 Å². The number of rotatable bonds is 18. The monoisotopic (exact) mass is 552 g/mol. The van der Waals surface area contributed by atoms with E-state index in [9.17, 15) is 14.9 Å². The number of thioether (sulfide) groups is 1. The van der Waals surface area contributed by atoms with Gasteiger partial charge < -0.3 is 9.64 Å². The maximum atomic E-state index is 12.7. The van der Waals surface area contributed by atoms with Crippen LogP contribution in [0, 0.1) is 10.1 Å². The Morgan fingerprint density at radius 1 is 0.872 bits per heavy atom. The first-order chi connectivity index (χ1) is 19.0. The molecule has 1 aliphatic heterocycles. The number of hydrogen-bond donors (Lipinski definition) is 0. The van der Waals surface area contributed by atoms with Gasteiger partial charge in [-0.3, -0.25) is 14.9 Å². The first kappa shape index (κ1) is 30.7. The number of ether oxygens (including phenoxy) is 1. The molecule has 0 saturated heterocycles. The van der Waals surface area contributed by atoms with Crippen molar-refractivity contribution in [3.8, 4) is 0 Å². The molecule has 7 heteroatoms. The molecule has 6 nitrogen and oxygen atoms in total. The Kier molecular flexibility index (Phi) is 13.4. The number of nitro groups is 1. The minimum absolute atomic E-state index is 0.0181. The van der Waals surface area contributed by atoms with Gasteiger partial charge in [0.1, 0.15) is 0 Å². The number of unbranched alkanes of at least 4 members (excludes halogenated alkanes) is 13. The summed E-state index contributed by atoms with van der Waals surface area (Å²) in [6.45, 7) is 3.18. The third kappa shape index (κ3) is 9.71. The molecule has 0 spiro atoms. The molecular formula is C32H44N2O4S. The first-order valence-electron chi connectivity index (χ1n) is 14.7. The van der Waals surface area contributed by atoms with E-state index < -0.39 is 4.92 Å². The number of hydrogen-bond acceptors (Lipinski definition) is 6. The Morgan fingerprint density at radius 3 is 2.05 bits per heavy atom. The van der Waals surface area contributed by atoms with Crippen molar-refractivity contribution in [3.05, 3.63) is 80.7 Å². The van der Waals surface area contributed by atoms with Gasteiger partial charge in [-0.25, -0.2) is 0 Å². The van der Waals surface area contributed by atoms with Gasteiger partial charge in [0.25, 0.3) is 5.70 Å². The van der Waals surface area contributed by atoms with Crippen molar-refractivity contribution in [2.75, 3.05) is 18.6 Å². The van der Waals surface area contributed by atoms with Gasteiger partial charge in [-0.2, -0.15) is 0 Å². The van der Waals surface area contributed by atoms with Gasteiger partial charge in [0.15, 0.2) is 5.76 Å². The average Bonchev–Trinajstić information content (AvgIpc) is 3.29. The highest BCUT2D eigenvalue weighted by molar-refractivity contribution is 8.03. The molecule has 0 saturated carbocycles. The number of Topliss-reactive ketones (excluding diaryl/α,β-unsaturated/α-hetero) is 1. The SMILES string of the molecule is CCCCCCCCCCCCCCCCN1/C(=C/C=C2\C=C([N+](=O)[O-])C=C(OC)C2=O)Sc2ccccc21. The lowest BCUT2D eigenvalue weighted by Gasteiger charge is -2.20. The fourth-order valence-electron chi connectivity index (χ4n) is 5.02. The Hall–Kier alpha value is -2.80. The van der Waals surface area contributed by atoms with Crippen LogP contribution in [0.3, 0.4) is 0 Å². The zero-order chi connectivity index (χ0) is 27.9. The Morgan fingerprint density at radius 2 is 1.46 bits per heavy atom. The zero-order valence-electron chi connectivity index (χ0n) is 23.7. The van der Waals surface area contributed by atoms with E-state index in [2.05, 4.69) is 24.0 Å². The van der Waals surface area contributed by atoms with Gasteiger partial charge >= 0.3 is 0 Å². The van der Waals surface area contributed by atoms with Crippen LogP contribution in [0.4, 0.5) is 5.69 Å². The number of ketones is 1. The first-order valence-corrected chi connectivity index (χ1v) is 15.5. The largest absolute Gasteiger partial charge is 0.492 e. The summed E-state index contributed by atoms with van der Waals surface area (Å²) in [7, 11) is 1.35. The van der Waals surface area contributed by atoms with Gasteiger partial charge in [-0.1, -0.05) is 114 Å². The third-order valence-corrected chi connectivity index (χ3v) is 8.41. The van der Waals surface area contributed by atoms with Gasteiger partial charge in [0.05, 0.1) is 28.8 Å². The van der Waals surface area contributed by atoms with Crippen molar-refractivity contribution in [1.82, 2.24) is 0 Å². The molecule has 0 fully saturated rings. The van der Waals surface area contributed by atoms with E-state index in [0.29, 0.717) is 0 Å². The van der Waals surface area contributed by atoms with Crippen LogP contribution in [0.2, 0.25) is 0 Å². The highest BCUT2D eigenvalue weighted by Crippen LogP contribution is 2.46. The third-order valence-electron chi connectivity index (χ3n) is 7.28. The van der Waals surface area contributed by atoms with E-state index in [0.717, 1.165) is 18.0 Å². The number of para-hydroxylation sites is 1. The second-order valence-corrected chi connectivity index (χ2v) is 11.4. The van der Waals surface area contributed by atoms with Crippen LogP contribution in [0.15, 0.2) is 75.5 Å². The molecule has 0 amide bonds. The van der Waals surface area contributed by atoms with Crippen LogP contribution in [-0.4, -0.2) is 24.4 Å². The lowest BCUT2D eigenvalue weighted by Crippen LogP contribution is -2.19. The number of allylic oxidation sites excluding steroid dienone is 5. The molecule has 2 aliphatic rings. The summed E-state index contributed by atoms with van der Waals surface area (Å²) in [6.07, 6.45) is 24.7. The molecule has 212 valence electrons. The number of methoxy groups -OCH3 is 1. The van der Waals surface area contributed by atoms with E-state index >= 15 is 0 Å². The van der Waals surface area contributed by atoms with E-state index in [4.69, 9.17) is 4.74 Å². The molecular weight excluding hydrogens is 508 g/mol. The number of carbonyl (C=O) groups excluding carboxylic acids is 1. The summed E-state index contributed by atoms with van der Waals surface area (Å²) in [5.74, 6) is -0.366. The summed E-state index contributed by atoms with van der Waals surface area (Å²) in [5.41, 5.74) is 1.27. The Labute approximate surface area is 238 Å². The van der Waals surface area contributed by atoms with Crippen LogP contribution in [0.5, 0.6) is 0 Å². The summed E-state index contributed by atoms with van der Waals surface area (Å²) >= 11 is 1.66. The molecule has 0 atom stereocenters. The fraction of sp³-hybridized carbons (Fsp3) is 0.531. The Bertz CT molecular complexity index is 1090. The number of carbonyl (C=O) groups is 1. The molecule has 1 aromatic carbocycles. The maximum absolute atomic E-state index is 12.7. The van der Waals surface area contributed by atoms with Crippen molar-refractivity contribution in [2.45, 2.75) is 102 Å².